The summed E-state index contributed by atoms with van der Waals surface area (Å²) in [7, 11) is 1.45. The fourth-order valence-electron chi connectivity index (χ4n) is 8.93. The zero-order chi connectivity index (χ0) is 60.7. The summed E-state index contributed by atoms with van der Waals surface area (Å²) in [6, 6.07) is -0.876. The predicted octanol–water partition coefficient (Wildman–Crippen LogP) is 21.2. The monoisotopic (exact) mass is 1170 g/mol. The molecule has 3 atom stereocenters. The highest BCUT2D eigenvalue weighted by molar-refractivity contribution is 7.47. The van der Waals surface area contributed by atoms with Gasteiger partial charge in [-0.15, -0.1) is 0 Å². The van der Waals surface area contributed by atoms with Crippen LogP contribution in [-0.2, 0) is 27.9 Å². The fourth-order valence-corrected chi connectivity index (χ4v) is 9.66. The first-order valence-corrected chi connectivity index (χ1v) is 35.0. The molecule has 0 rings (SSSR count). The van der Waals surface area contributed by atoms with E-state index in [0.717, 1.165) is 128 Å². The molecule has 0 spiro atoms. The number of allylic oxidation sites excluding steroid dienone is 21. The summed E-state index contributed by atoms with van der Waals surface area (Å²) in [6.07, 6.45) is 87.4. The van der Waals surface area contributed by atoms with Crippen LogP contribution in [0.15, 0.2) is 134 Å². The summed E-state index contributed by atoms with van der Waals surface area (Å²) in [5.74, 6) is -0.559. The number of hydrogen-bond acceptors (Lipinski definition) is 6. The number of esters is 1. The van der Waals surface area contributed by atoms with Gasteiger partial charge in [0.15, 0.2) is 0 Å². The Morgan fingerprint density at radius 2 is 0.771 bits per heavy atom. The van der Waals surface area contributed by atoms with Crippen molar-refractivity contribution in [1.82, 2.24) is 5.32 Å². The molecule has 0 saturated heterocycles. The van der Waals surface area contributed by atoms with Gasteiger partial charge in [-0.25, -0.2) is 4.57 Å². The van der Waals surface area contributed by atoms with E-state index in [0.29, 0.717) is 23.9 Å². The minimum absolute atomic E-state index is 0.0259. The van der Waals surface area contributed by atoms with Gasteiger partial charge in [0.2, 0.25) is 5.91 Å². The Morgan fingerprint density at radius 3 is 1.19 bits per heavy atom. The van der Waals surface area contributed by atoms with Crippen LogP contribution in [0.1, 0.15) is 265 Å². The van der Waals surface area contributed by atoms with Gasteiger partial charge in [0.25, 0.3) is 0 Å². The molecule has 0 saturated carbocycles. The van der Waals surface area contributed by atoms with E-state index in [9.17, 15) is 19.0 Å². The molecule has 2 N–H and O–H groups in total. The number of hydrogen-bond donors (Lipinski definition) is 2. The number of phosphoric ester groups is 1. The van der Waals surface area contributed by atoms with Crippen molar-refractivity contribution in [3.8, 4) is 0 Å². The van der Waals surface area contributed by atoms with Gasteiger partial charge in [-0.3, -0.25) is 18.6 Å². The Bertz CT molecular complexity index is 1880. The minimum Gasteiger partial charge on any atom is -0.456 e. The van der Waals surface area contributed by atoms with Crippen LogP contribution in [0.4, 0.5) is 0 Å². The van der Waals surface area contributed by atoms with Crippen molar-refractivity contribution in [1.29, 1.82) is 0 Å². The summed E-state index contributed by atoms with van der Waals surface area (Å²) < 4.78 is 30.7. The van der Waals surface area contributed by atoms with Crippen molar-refractivity contribution >= 4 is 19.7 Å². The number of unbranched alkanes of at least 4 members (excludes halogenated alkanes) is 23. The molecule has 474 valence electrons. The largest absolute Gasteiger partial charge is 0.472 e. The molecule has 0 aliphatic heterocycles. The van der Waals surface area contributed by atoms with Crippen molar-refractivity contribution in [2.24, 2.45) is 0 Å². The number of phosphoric acid groups is 1. The van der Waals surface area contributed by atoms with Crippen molar-refractivity contribution in [3.05, 3.63) is 134 Å². The molecule has 9 nitrogen and oxygen atoms in total. The molecule has 0 radical (unpaired) electrons. The molecule has 0 fully saturated rings. The number of rotatable bonds is 59. The van der Waals surface area contributed by atoms with Gasteiger partial charge in [-0.1, -0.05) is 258 Å². The lowest BCUT2D eigenvalue weighted by Gasteiger charge is -2.27. The summed E-state index contributed by atoms with van der Waals surface area (Å²) in [5, 5.41) is 3.05. The lowest BCUT2D eigenvalue weighted by molar-refractivity contribution is -0.870. The molecule has 0 bridgehead atoms. The number of likely N-dealkylation sites (N-methyl/N-ethyl adjacent to an activating group) is 1. The summed E-state index contributed by atoms with van der Waals surface area (Å²) in [4.78, 5) is 37.8. The van der Waals surface area contributed by atoms with Gasteiger partial charge in [0.1, 0.15) is 19.3 Å². The first-order chi connectivity index (χ1) is 40.4. The molecule has 1 amide bonds. The standard InChI is InChI=1S/C73H125N2O7P/c1-7-10-13-16-19-22-25-27-29-31-33-34-35-36-37-38-39-40-42-43-45-47-50-53-56-59-62-65-72(76)74-70(69-81-83(78,79)80-68-67-75(4,5)6)71(64-61-58-55-52-49-24-21-18-15-12-9-3)82-73(77)66-63-60-57-54-51-48-46-44-41-32-30-28-26-23-20-17-14-11-8-2/h10,13,19-20,22-23,27-30,33-34,36-37,39-41,44,48,51,61,64,70-71H,7-9,11-12,14-18,21,24-26,31-32,35,38,42-43,45-47,49-50,52-60,62-63,65-69H2,1-6H3,(H-,74,76,78,79)/p+1/b13-10-,22-19-,23-20-,29-27-,30-28-,34-33-,37-36-,40-39-,44-41-,51-48-,64-61-. The molecule has 0 heterocycles. The number of carbonyl (C=O) groups is 2. The fraction of sp³-hybridized carbons (Fsp3) is 0.671. The zero-order valence-electron chi connectivity index (χ0n) is 54.1. The van der Waals surface area contributed by atoms with Gasteiger partial charge in [-0.05, 0) is 128 Å². The zero-order valence-corrected chi connectivity index (χ0v) is 55.0. The summed E-state index contributed by atoms with van der Waals surface area (Å²) in [6.45, 7) is 6.83. The summed E-state index contributed by atoms with van der Waals surface area (Å²) >= 11 is 0. The Kier molecular flexibility index (Phi) is 58.4. The van der Waals surface area contributed by atoms with Crippen molar-refractivity contribution in [2.45, 2.75) is 277 Å². The second-order valence-electron chi connectivity index (χ2n) is 23.3. The van der Waals surface area contributed by atoms with Crippen molar-refractivity contribution in [3.63, 3.8) is 0 Å². The van der Waals surface area contributed by atoms with Crippen LogP contribution in [0.5, 0.6) is 0 Å². The highest BCUT2D eigenvalue weighted by atomic mass is 31.2. The van der Waals surface area contributed by atoms with Gasteiger partial charge in [-0.2, -0.15) is 0 Å². The number of nitrogens with zero attached hydrogens (tertiary/aromatic N) is 1. The minimum atomic E-state index is -4.47. The second kappa shape index (κ2) is 61.2. The Morgan fingerprint density at radius 1 is 0.434 bits per heavy atom. The van der Waals surface area contributed by atoms with Gasteiger partial charge < -0.3 is 19.4 Å². The van der Waals surface area contributed by atoms with Crippen LogP contribution in [0.25, 0.3) is 0 Å². The Labute approximate surface area is 511 Å². The maximum Gasteiger partial charge on any atom is 0.472 e. The summed E-state index contributed by atoms with van der Waals surface area (Å²) in [5.41, 5.74) is 0. The van der Waals surface area contributed by atoms with Gasteiger partial charge in [0.05, 0.1) is 33.8 Å². The molecule has 0 aliphatic carbocycles. The first-order valence-electron chi connectivity index (χ1n) is 33.5. The van der Waals surface area contributed by atoms with Gasteiger partial charge in [0, 0.05) is 12.8 Å². The molecule has 0 aromatic rings. The first kappa shape index (κ1) is 79.2. The van der Waals surface area contributed by atoms with E-state index in [4.69, 9.17) is 13.8 Å². The molecule has 83 heavy (non-hydrogen) atoms. The smallest absolute Gasteiger partial charge is 0.456 e. The molecule has 0 aromatic carbocycles. The molecule has 10 heteroatoms. The van der Waals surface area contributed by atoms with E-state index in [2.05, 4.69) is 148 Å². The van der Waals surface area contributed by atoms with Crippen LogP contribution in [-0.4, -0.2) is 74.3 Å². The van der Waals surface area contributed by atoms with Crippen molar-refractivity contribution in [2.75, 3.05) is 40.9 Å². The SMILES string of the molecule is CC/C=C\C/C=C\C/C=C\C/C=C\C/C=C\C/C=C\CCCCCCCCCCC(=O)NC(COP(=O)(O)OCC[N+](C)(C)C)C(/C=C\CCCCCCCCCCC)OC(=O)CCCCC/C=C\C/C=C\C/C=C\C/C=C\CCCCC. The highest BCUT2D eigenvalue weighted by Gasteiger charge is 2.30. The maximum absolute atomic E-state index is 13.6. The number of ether oxygens (including phenoxy) is 1. The number of amides is 1. The molecular weight excluding hydrogens is 1050 g/mol. The van der Waals surface area contributed by atoms with E-state index in [1.54, 1.807) is 0 Å². The average Bonchev–Trinajstić information content (AvgIpc) is 3.51. The maximum atomic E-state index is 13.6. The van der Waals surface area contributed by atoms with Crippen LogP contribution in [0, 0.1) is 0 Å². The lowest BCUT2D eigenvalue weighted by atomic mass is 10.0. The topological polar surface area (TPSA) is 111 Å². The van der Waals surface area contributed by atoms with E-state index >= 15 is 0 Å². The molecule has 0 aromatic heterocycles. The van der Waals surface area contributed by atoms with Crippen LogP contribution >= 0.6 is 7.82 Å². The van der Waals surface area contributed by atoms with Crippen molar-refractivity contribution < 1.29 is 37.3 Å². The van der Waals surface area contributed by atoms with Gasteiger partial charge >= 0.3 is 13.8 Å². The third-order valence-electron chi connectivity index (χ3n) is 14.1. The van der Waals surface area contributed by atoms with Crippen LogP contribution in [0.3, 0.4) is 0 Å². The van der Waals surface area contributed by atoms with E-state index in [1.807, 2.05) is 33.3 Å². The third-order valence-corrected chi connectivity index (χ3v) is 15.1. The molecular formula is C73H126N2O7P+. The predicted molar refractivity (Wildman–Crippen MR) is 359 cm³/mol. The highest BCUT2D eigenvalue weighted by Crippen LogP contribution is 2.43. The molecule has 3 unspecified atom stereocenters. The number of nitrogens with one attached hydrogen (secondary N) is 1. The van der Waals surface area contributed by atoms with E-state index in [-0.39, 0.29) is 31.5 Å². The average molecular weight is 1170 g/mol. The Balaban J connectivity index is 5.17. The second-order valence-corrected chi connectivity index (χ2v) is 24.7. The lowest BCUT2D eigenvalue weighted by Crippen LogP contribution is -2.47. The van der Waals surface area contributed by atoms with Crippen LogP contribution in [0.2, 0.25) is 0 Å². The third kappa shape index (κ3) is 62.5. The number of carbonyl (C=O) groups excluding carboxylic acids is 2. The van der Waals surface area contributed by atoms with Crippen LogP contribution < -0.4 is 5.32 Å². The Hall–Kier alpha value is -3.85. The number of quaternary nitrogens is 1. The molecule has 0 aliphatic rings. The van der Waals surface area contributed by atoms with E-state index in [1.165, 1.54) is 96.3 Å². The van der Waals surface area contributed by atoms with E-state index < -0.39 is 20.0 Å². The normalized spacial score (nSPS) is 14.4. The quantitative estimate of drug-likeness (QED) is 0.0205.